The van der Waals surface area contributed by atoms with Gasteiger partial charge >= 0.3 is 11.9 Å². The lowest BCUT2D eigenvalue weighted by molar-refractivity contribution is -0.154. The number of nitrogens with one attached hydrogen (secondary N) is 1. The maximum atomic E-state index is 12.1. The standard InChI is InChI=1S/C12H17NO7/c1-12(3-2-4-13-12)11(18)20-9-7(16)10(17)19-8(9)6(15)5-14/h6,8,13-16H,2-5H2,1H3/t6-,8+,12+/m0/s1. The third-order valence-electron chi connectivity index (χ3n) is 3.48. The van der Waals surface area contributed by atoms with Gasteiger partial charge in [-0.25, -0.2) is 9.59 Å². The van der Waals surface area contributed by atoms with E-state index < -0.39 is 47.8 Å². The number of hydrogen-bond acceptors (Lipinski definition) is 8. The van der Waals surface area contributed by atoms with Gasteiger partial charge in [0.15, 0.2) is 6.10 Å². The molecule has 8 heteroatoms. The van der Waals surface area contributed by atoms with Crippen LogP contribution in [0.1, 0.15) is 19.8 Å². The Balaban J connectivity index is 2.16. The summed E-state index contributed by atoms with van der Waals surface area (Å²) in [6, 6.07) is 0. The monoisotopic (exact) mass is 287 g/mol. The molecule has 0 aromatic rings. The van der Waals surface area contributed by atoms with E-state index in [1.807, 2.05) is 0 Å². The van der Waals surface area contributed by atoms with E-state index in [-0.39, 0.29) is 0 Å². The third kappa shape index (κ3) is 2.49. The zero-order chi connectivity index (χ0) is 14.9. The predicted octanol–water partition coefficient (Wildman–Crippen LogP) is -1.28. The first-order chi connectivity index (χ1) is 9.39. The summed E-state index contributed by atoms with van der Waals surface area (Å²) in [7, 11) is 0. The van der Waals surface area contributed by atoms with E-state index in [4.69, 9.17) is 9.84 Å². The molecule has 2 rings (SSSR count). The molecule has 3 atom stereocenters. The molecule has 2 aliphatic heterocycles. The van der Waals surface area contributed by atoms with Crippen molar-refractivity contribution in [3.8, 4) is 0 Å². The lowest BCUT2D eigenvalue weighted by Crippen LogP contribution is -2.46. The Morgan fingerprint density at radius 1 is 1.65 bits per heavy atom. The highest BCUT2D eigenvalue weighted by atomic mass is 16.6. The molecule has 8 nitrogen and oxygen atoms in total. The van der Waals surface area contributed by atoms with E-state index in [1.165, 1.54) is 0 Å². The zero-order valence-corrected chi connectivity index (χ0v) is 11.0. The van der Waals surface area contributed by atoms with Crippen molar-refractivity contribution in [1.82, 2.24) is 5.32 Å². The lowest BCUT2D eigenvalue weighted by atomic mass is 10.0. The molecule has 4 N–H and O–H groups in total. The quantitative estimate of drug-likeness (QED) is 0.471. The number of ether oxygens (including phenoxy) is 2. The predicted molar refractivity (Wildman–Crippen MR) is 64.4 cm³/mol. The summed E-state index contributed by atoms with van der Waals surface area (Å²) in [6.07, 6.45) is -1.51. The smallest absolute Gasteiger partial charge is 0.378 e. The van der Waals surface area contributed by atoms with E-state index in [0.717, 1.165) is 6.42 Å². The van der Waals surface area contributed by atoms with Crippen LogP contribution in [0.5, 0.6) is 0 Å². The SMILES string of the molecule is C[C@]1(C(=O)OC2=C(O)C(=O)O[C@@H]2[C@@H](O)CO)CCCN1. The van der Waals surface area contributed by atoms with Crippen molar-refractivity contribution in [2.24, 2.45) is 0 Å². The summed E-state index contributed by atoms with van der Waals surface area (Å²) in [5.41, 5.74) is -0.909. The molecule has 1 fully saturated rings. The van der Waals surface area contributed by atoms with Crippen LogP contribution in [0.4, 0.5) is 0 Å². The van der Waals surface area contributed by atoms with Crippen molar-refractivity contribution < 1.29 is 34.4 Å². The van der Waals surface area contributed by atoms with Gasteiger partial charge in [-0.1, -0.05) is 0 Å². The molecule has 20 heavy (non-hydrogen) atoms. The zero-order valence-electron chi connectivity index (χ0n) is 11.0. The van der Waals surface area contributed by atoms with Gasteiger partial charge in [0.2, 0.25) is 11.5 Å². The van der Waals surface area contributed by atoms with Crippen LogP contribution in [0.25, 0.3) is 0 Å². The van der Waals surface area contributed by atoms with Gasteiger partial charge in [0.1, 0.15) is 11.6 Å². The molecule has 112 valence electrons. The molecule has 0 saturated carbocycles. The minimum atomic E-state index is -1.48. The number of rotatable bonds is 4. The largest absolute Gasteiger partial charge is 0.499 e. The minimum absolute atomic E-state index is 0.462. The van der Waals surface area contributed by atoms with Crippen LogP contribution in [-0.4, -0.2) is 58.2 Å². The summed E-state index contributed by atoms with van der Waals surface area (Å²) < 4.78 is 9.69. The topological polar surface area (TPSA) is 125 Å². The van der Waals surface area contributed by atoms with E-state index in [0.29, 0.717) is 13.0 Å². The Bertz CT molecular complexity index is 453. The second kappa shape index (κ2) is 5.39. The summed E-state index contributed by atoms with van der Waals surface area (Å²) in [4.78, 5) is 23.4. The van der Waals surface area contributed by atoms with Gasteiger partial charge in [-0.05, 0) is 26.3 Å². The fraction of sp³-hybridized carbons (Fsp3) is 0.667. The first-order valence-electron chi connectivity index (χ1n) is 6.29. The Kier molecular flexibility index (Phi) is 3.98. The van der Waals surface area contributed by atoms with Gasteiger partial charge in [0, 0.05) is 0 Å². The summed E-state index contributed by atoms with van der Waals surface area (Å²) in [6.45, 7) is 1.60. The first-order valence-corrected chi connectivity index (χ1v) is 6.29. The van der Waals surface area contributed by atoms with Crippen LogP contribution in [0.15, 0.2) is 11.5 Å². The number of hydrogen-bond donors (Lipinski definition) is 4. The van der Waals surface area contributed by atoms with Crippen molar-refractivity contribution in [1.29, 1.82) is 0 Å². The van der Waals surface area contributed by atoms with Gasteiger partial charge in [-0.15, -0.1) is 0 Å². The summed E-state index contributed by atoms with van der Waals surface area (Å²) in [5, 5.41) is 30.9. The van der Waals surface area contributed by atoms with E-state index in [9.17, 15) is 19.8 Å². The first kappa shape index (κ1) is 14.8. The normalized spacial score (nSPS) is 31.4. The number of carbonyl (C=O) groups excluding carboxylic acids is 2. The van der Waals surface area contributed by atoms with Gasteiger partial charge in [-0.2, -0.15) is 0 Å². The van der Waals surface area contributed by atoms with Crippen LogP contribution < -0.4 is 5.32 Å². The van der Waals surface area contributed by atoms with Crippen LogP contribution >= 0.6 is 0 Å². The van der Waals surface area contributed by atoms with Gasteiger partial charge in [0.25, 0.3) is 0 Å². The van der Waals surface area contributed by atoms with Gasteiger partial charge in [-0.3, -0.25) is 0 Å². The van der Waals surface area contributed by atoms with Crippen molar-refractivity contribution in [3.05, 3.63) is 11.5 Å². The Hall–Kier alpha value is -1.64. The maximum Gasteiger partial charge on any atom is 0.378 e. The molecule has 0 radical (unpaired) electrons. The van der Waals surface area contributed by atoms with Gasteiger partial charge in [0.05, 0.1) is 6.61 Å². The Labute approximate surface area is 115 Å². The molecule has 1 saturated heterocycles. The number of esters is 2. The van der Waals surface area contributed by atoms with Crippen molar-refractivity contribution in [2.45, 2.75) is 37.5 Å². The highest BCUT2D eigenvalue weighted by Crippen LogP contribution is 2.28. The molecular weight excluding hydrogens is 270 g/mol. The summed E-state index contributed by atoms with van der Waals surface area (Å²) >= 11 is 0. The Morgan fingerprint density at radius 3 is 2.90 bits per heavy atom. The van der Waals surface area contributed by atoms with Crippen LogP contribution in [0, 0.1) is 0 Å². The van der Waals surface area contributed by atoms with Crippen molar-refractivity contribution in [3.63, 3.8) is 0 Å². The van der Waals surface area contributed by atoms with Gasteiger partial charge < -0.3 is 30.1 Å². The molecule has 0 bridgehead atoms. The lowest BCUT2D eigenvalue weighted by Gasteiger charge is -2.24. The molecule has 2 heterocycles. The molecule has 0 spiro atoms. The molecular formula is C12H17NO7. The fourth-order valence-electron chi connectivity index (χ4n) is 2.20. The van der Waals surface area contributed by atoms with Crippen LogP contribution in [0.2, 0.25) is 0 Å². The van der Waals surface area contributed by atoms with E-state index >= 15 is 0 Å². The average molecular weight is 287 g/mol. The van der Waals surface area contributed by atoms with E-state index in [2.05, 4.69) is 10.1 Å². The van der Waals surface area contributed by atoms with Crippen molar-refractivity contribution in [2.75, 3.05) is 13.2 Å². The fourth-order valence-corrected chi connectivity index (χ4v) is 2.20. The third-order valence-corrected chi connectivity index (χ3v) is 3.48. The minimum Gasteiger partial charge on any atom is -0.499 e. The van der Waals surface area contributed by atoms with Crippen LogP contribution in [-0.2, 0) is 19.1 Å². The van der Waals surface area contributed by atoms with E-state index in [1.54, 1.807) is 6.92 Å². The van der Waals surface area contributed by atoms with Crippen molar-refractivity contribution >= 4 is 11.9 Å². The van der Waals surface area contributed by atoms with Crippen LogP contribution in [0.3, 0.4) is 0 Å². The molecule has 0 amide bonds. The molecule has 0 unspecified atom stereocenters. The second-order valence-electron chi connectivity index (χ2n) is 5.04. The molecule has 0 aromatic carbocycles. The number of cyclic esters (lactones) is 1. The molecule has 0 aromatic heterocycles. The number of aliphatic hydroxyl groups is 3. The second-order valence-corrected chi connectivity index (χ2v) is 5.04. The number of aliphatic hydroxyl groups excluding tert-OH is 3. The average Bonchev–Trinajstić information content (AvgIpc) is 2.98. The highest BCUT2D eigenvalue weighted by molar-refractivity contribution is 5.91. The summed E-state index contributed by atoms with van der Waals surface area (Å²) in [5.74, 6) is -3.10. The molecule has 0 aliphatic carbocycles. The highest BCUT2D eigenvalue weighted by Gasteiger charge is 2.45. The Morgan fingerprint density at radius 2 is 2.35 bits per heavy atom. The molecule has 2 aliphatic rings. The maximum absolute atomic E-state index is 12.1. The number of carbonyl (C=O) groups is 2.